The van der Waals surface area contributed by atoms with Crippen LogP contribution in [0.5, 0.6) is 17.6 Å². The van der Waals surface area contributed by atoms with E-state index in [1.54, 1.807) is 0 Å². The van der Waals surface area contributed by atoms with Crippen molar-refractivity contribution in [3.05, 3.63) is 41.5 Å². The van der Waals surface area contributed by atoms with Crippen molar-refractivity contribution in [1.82, 2.24) is 20.3 Å². The fourth-order valence-electron chi connectivity index (χ4n) is 5.53. The predicted molar refractivity (Wildman–Crippen MR) is 141 cm³/mol. The smallest absolute Gasteiger partial charge is 0.319 e. The van der Waals surface area contributed by atoms with E-state index in [4.69, 9.17) is 15.9 Å². The molecule has 0 aliphatic carbocycles. The molecule has 4 heterocycles. The number of ether oxygens (including phenoxy) is 2. The number of halogens is 2. The maximum atomic E-state index is 16.4. The summed E-state index contributed by atoms with van der Waals surface area (Å²) in [5.41, 5.74) is -0.687. The highest BCUT2D eigenvalue weighted by atomic mass is 19.1. The van der Waals surface area contributed by atoms with E-state index < -0.39 is 17.5 Å². The molecule has 2 saturated heterocycles. The monoisotopic (exact) mass is 533 g/mol. The van der Waals surface area contributed by atoms with Gasteiger partial charge in [-0.05, 0) is 36.4 Å². The van der Waals surface area contributed by atoms with Crippen molar-refractivity contribution in [2.45, 2.75) is 24.9 Å². The maximum Gasteiger partial charge on any atom is 0.319 e. The van der Waals surface area contributed by atoms with Crippen molar-refractivity contribution in [3.8, 4) is 41.2 Å². The molecule has 0 saturated carbocycles. The number of nitrogens with zero attached hydrogens (tertiary/aromatic N) is 4. The number of aromatic nitrogens is 3. The van der Waals surface area contributed by atoms with Crippen molar-refractivity contribution in [3.63, 3.8) is 0 Å². The van der Waals surface area contributed by atoms with Crippen LogP contribution in [0.25, 0.3) is 32.9 Å². The van der Waals surface area contributed by atoms with Gasteiger partial charge in [0.2, 0.25) is 5.88 Å². The zero-order chi connectivity index (χ0) is 27.3. The van der Waals surface area contributed by atoms with Crippen LogP contribution in [-0.2, 0) is 4.74 Å². The quantitative estimate of drug-likeness (QED) is 0.253. The molecule has 9 nitrogen and oxygen atoms in total. The molecule has 0 spiro atoms. The number of methoxy groups -OCH3 is 1. The van der Waals surface area contributed by atoms with Gasteiger partial charge in [-0.2, -0.15) is 9.97 Å². The largest absolute Gasteiger partial charge is 0.508 e. The lowest BCUT2D eigenvalue weighted by molar-refractivity contribution is 0.141. The summed E-state index contributed by atoms with van der Waals surface area (Å²) < 4.78 is 41.8. The molecule has 2 bridgehead atoms. The number of anilines is 1. The molecule has 2 aliphatic rings. The van der Waals surface area contributed by atoms with Gasteiger partial charge < -0.3 is 29.9 Å². The number of phenolic OH excluding ortho intramolecular Hbond substituents is 1. The summed E-state index contributed by atoms with van der Waals surface area (Å²) in [6.45, 7) is 1.59. The Morgan fingerprint density at radius 1 is 1.08 bits per heavy atom. The topological polar surface area (TPSA) is 113 Å². The van der Waals surface area contributed by atoms with Gasteiger partial charge in [0.05, 0.1) is 12.2 Å². The van der Waals surface area contributed by atoms with E-state index in [-0.39, 0.29) is 70.2 Å². The van der Waals surface area contributed by atoms with Crippen molar-refractivity contribution < 1.29 is 28.5 Å². The second kappa shape index (κ2) is 9.80. The molecular weight excluding hydrogens is 508 g/mol. The summed E-state index contributed by atoms with van der Waals surface area (Å²) in [6, 6.07) is 5.60. The summed E-state index contributed by atoms with van der Waals surface area (Å²) in [6.07, 6.45) is 7.60. The summed E-state index contributed by atoms with van der Waals surface area (Å²) in [5, 5.41) is 25.7. The number of pyridine rings is 1. The zero-order valence-corrected chi connectivity index (χ0v) is 21.0. The van der Waals surface area contributed by atoms with Gasteiger partial charge in [-0.1, -0.05) is 12.0 Å². The van der Waals surface area contributed by atoms with Crippen molar-refractivity contribution >= 4 is 27.5 Å². The van der Waals surface area contributed by atoms with Crippen LogP contribution in [0.15, 0.2) is 24.3 Å². The number of aromatic hydroxyl groups is 2. The van der Waals surface area contributed by atoms with E-state index in [1.807, 2.05) is 4.90 Å². The van der Waals surface area contributed by atoms with Gasteiger partial charge in [0, 0.05) is 43.2 Å². The molecule has 4 aromatic rings. The first kappa shape index (κ1) is 25.0. The lowest BCUT2D eigenvalue weighted by Gasteiger charge is -2.34. The Kier molecular flexibility index (Phi) is 6.29. The van der Waals surface area contributed by atoms with Crippen molar-refractivity contribution in [2.24, 2.45) is 0 Å². The van der Waals surface area contributed by atoms with Crippen LogP contribution >= 0.6 is 0 Å². The van der Waals surface area contributed by atoms with Gasteiger partial charge in [-0.3, -0.25) is 0 Å². The van der Waals surface area contributed by atoms with E-state index in [9.17, 15) is 14.6 Å². The number of hydrogen-bond donors (Lipinski definition) is 3. The summed E-state index contributed by atoms with van der Waals surface area (Å²) in [5.74, 6) is 0.293. The molecule has 0 amide bonds. The van der Waals surface area contributed by atoms with Crippen LogP contribution in [0, 0.1) is 24.0 Å². The third-order valence-electron chi connectivity index (χ3n) is 7.21. The predicted octanol–water partition coefficient (Wildman–Crippen LogP) is 3.48. The normalized spacial score (nSPS) is 18.6. The number of fused-ring (bicyclic) bond motifs is 4. The number of nitrogens with one attached hydrogen (secondary N) is 1. The summed E-state index contributed by atoms with van der Waals surface area (Å²) >= 11 is 0. The van der Waals surface area contributed by atoms with Crippen LogP contribution < -0.4 is 15.0 Å². The van der Waals surface area contributed by atoms with Crippen molar-refractivity contribution in [2.75, 3.05) is 38.3 Å². The lowest BCUT2D eigenvalue weighted by Crippen LogP contribution is -2.51. The second-order valence-corrected chi connectivity index (χ2v) is 9.69. The Morgan fingerprint density at radius 2 is 1.85 bits per heavy atom. The molecule has 6 rings (SSSR count). The Morgan fingerprint density at radius 3 is 2.56 bits per heavy atom. The van der Waals surface area contributed by atoms with Crippen LogP contribution in [-0.4, -0.2) is 70.7 Å². The average Bonchev–Trinajstić information content (AvgIpc) is 3.27. The Bertz CT molecular complexity index is 1650. The Balaban J connectivity index is 1.60. The molecule has 200 valence electrons. The van der Waals surface area contributed by atoms with Gasteiger partial charge in [0.1, 0.15) is 40.6 Å². The minimum Gasteiger partial charge on any atom is -0.508 e. The van der Waals surface area contributed by atoms with Gasteiger partial charge >= 0.3 is 6.01 Å². The summed E-state index contributed by atoms with van der Waals surface area (Å²) in [4.78, 5) is 15.0. The SMILES string of the molecule is C#Cc1c(F)ccc2cc(O)cc(-c3nc(O)c4c(N5CC6CCC(C5)N6)nc(OCCOC)nc4c3F)c12. The molecule has 2 fully saturated rings. The molecule has 11 heteroatoms. The van der Waals surface area contributed by atoms with Crippen LogP contribution in [0.1, 0.15) is 18.4 Å². The minimum absolute atomic E-state index is 0.00869. The van der Waals surface area contributed by atoms with E-state index in [1.165, 1.54) is 31.4 Å². The minimum atomic E-state index is -0.903. The first-order valence-corrected chi connectivity index (χ1v) is 12.5. The van der Waals surface area contributed by atoms with Gasteiger partial charge in [0.15, 0.2) is 5.82 Å². The average molecular weight is 534 g/mol. The molecule has 3 N–H and O–H groups in total. The highest BCUT2D eigenvalue weighted by Gasteiger charge is 2.35. The number of terminal acetylenes is 1. The second-order valence-electron chi connectivity index (χ2n) is 9.69. The fourth-order valence-corrected chi connectivity index (χ4v) is 5.53. The van der Waals surface area contributed by atoms with E-state index in [0.29, 0.717) is 24.3 Å². The maximum absolute atomic E-state index is 16.4. The molecule has 2 aromatic carbocycles. The Labute approximate surface area is 222 Å². The highest BCUT2D eigenvalue weighted by molar-refractivity contribution is 6.04. The number of benzene rings is 2. The van der Waals surface area contributed by atoms with E-state index in [2.05, 4.69) is 26.2 Å². The molecule has 2 aliphatic heterocycles. The number of phenols is 1. The third kappa shape index (κ3) is 4.31. The van der Waals surface area contributed by atoms with Gasteiger partial charge in [-0.15, -0.1) is 6.42 Å². The molecule has 2 atom stereocenters. The van der Waals surface area contributed by atoms with Crippen LogP contribution in [0.2, 0.25) is 0 Å². The first-order valence-electron chi connectivity index (χ1n) is 12.5. The molecule has 0 radical (unpaired) electrons. The lowest BCUT2D eigenvalue weighted by atomic mass is 9.95. The molecule has 2 unspecified atom stereocenters. The molecule has 39 heavy (non-hydrogen) atoms. The number of piperazine rings is 1. The van der Waals surface area contributed by atoms with Gasteiger partial charge in [-0.25, -0.2) is 13.8 Å². The van der Waals surface area contributed by atoms with E-state index in [0.717, 1.165) is 12.8 Å². The summed E-state index contributed by atoms with van der Waals surface area (Å²) in [7, 11) is 1.52. The number of hydrogen-bond acceptors (Lipinski definition) is 9. The Hall–Kier alpha value is -4.27. The van der Waals surface area contributed by atoms with Gasteiger partial charge in [0.25, 0.3) is 0 Å². The molecule has 2 aromatic heterocycles. The van der Waals surface area contributed by atoms with Crippen LogP contribution in [0.4, 0.5) is 14.6 Å². The zero-order valence-electron chi connectivity index (χ0n) is 21.0. The third-order valence-corrected chi connectivity index (χ3v) is 7.21. The molecular formula is C28H25F2N5O4. The first-order chi connectivity index (χ1) is 18.9. The van der Waals surface area contributed by atoms with E-state index >= 15 is 4.39 Å². The van der Waals surface area contributed by atoms with Crippen molar-refractivity contribution in [1.29, 1.82) is 0 Å². The highest BCUT2D eigenvalue weighted by Crippen LogP contribution is 2.42. The number of rotatable bonds is 6. The standard InChI is InChI=1S/C28H25F2N5O4/c1-3-18-20(29)7-4-14-10-17(36)11-19(21(14)18)24-23(30)25-22(27(37)32-24)26(34-28(33-25)39-9-8-38-2)35-12-15-5-6-16(13-35)31-15/h1,4,7,10-11,15-16,31,36H,5-6,8-9,12-13H2,2H3,(H,32,37). The van der Waals surface area contributed by atoms with Crippen LogP contribution in [0.3, 0.4) is 0 Å². The fraction of sp³-hybridized carbons (Fsp3) is 0.321.